The lowest BCUT2D eigenvalue weighted by Crippen LogP contribution is -2.35. The number of hydrogen-bond acceptors (Lipinski definition) is 2. The van der Waals surface area contributed by atoms with Crippen LogP contribution in [0.3, 0.4) is 0 Å². The fraction of sp³-hybridized carbons (Fsp3) is 0.600. The first-order chi connectivity index (χ1) is 8.25. The molecule has 0 aromatic heterocycles. The van der Waals surface area contributed by atoms with Crippen LogP contribution in [-0.2, 0) is 0 Å². The van der Waals surface area contributed by atoms with E-state index in [0.29, 0.717) is 12.1 Å². The van der Waals surface area contributed by atoms with Crippen molar-refractivity contribution in [2.75, 3.05) is 18.4 Å². The Kier molecular flexibility index (Phi) is 2.83. The number of aryl methyl sites for hydroxylation is 1. The highest BCUT2D eigenvalue weighted by Crippen LogP contribution is 2.39. The van der Waals surface area contributed by atoms with Gasteiger partial charge in [0.05, 0.1) is 0 Å². The van der Waals surface area contributed by atoms with Crippen LogP contribution in [0.4, 0.5) is 5.69 Å². The molecule has 0 aliphatic carbocycles. The van der Waals surface area contributed by atoms with Crippen molar-refractivity contribution in [2.45, 2.75) is 45.2 Å². The quantitative estimate of drug-likeness (QED) is 0.796. The van der Waals surface area contributed by atoms with E-state index in [0.717, 1.165) is 0 Å². The third-order valence-corrected chi connectivity index (χ3v) is 4.21. The van der Waals surface area contributed by atoms with Gasteiger partial charge in [0.25, 0.3) is 0 Å². The summed E-state index contributed by atoms with van der Waals surface area (Å²) in [5.41, 5.74) is 4.30. The summed E-state index contributed by atoms with van der Waals surface area (Å²) in [6.45, 7) is 7.08. The minimum absolute atomic E-state index is 0.592. The monoisotopic (exact) mass is 230 g/mol. The Morgan fingerprint density at radius 3 is 2.76 bits per heavy atom. The maximum atomic E-state index is 3.65. The van der Waals surface area contributed by atoms with Gasteiger partial charge in [-0.05, 0) is 57.3 Å². The second-order valence-corrected chi connectivity index (χ2v) is 5.58. The summed E-state index contributed by atoms with van der Waals surface area (Å²) in [6, 6.07) is 7.96. The van der Waals surface area contributed by atoms with Gasteiger partial charge >= 0.3 is 0 Å². The molecule has 0 saturated carbocycles. The maximum absolute atomic E-state index is 3.65. The number of benzene rings is 1. The lowest BCUT2D eigenvalue weighted by Gasteiger charge is -2.37. The van der Waals surface area contributed by atoms with Crippen molar-refractivity contribution >= 4 is 5.69 Å². The molecule has 1 fully saturated rings. The first kappa shape index (κ1) is 11.1. The van der Waals surface area contributed by atoms with E-state index in [4.69, 9.17) is 0 Å². The summed E-state index contributed by atoms with van der Waals surface area (Å²) in [5.74, 6) is 0. The van der Waals surface area contributed by atoms with Gasteiger partial charge in [-0.25, -0.2) is 0 Å². The number of likely N-dealkylation sites (tertiary alicyclic amines) is 1. The second kappa shape index (κ2) is 4.34. The maximum Gasteiger partial charge on any atom is 0.0420 e. The zero-order valence-corrected chi connectivity index (χ0v) is 10.9. The molecule has 92 valence electrons. The highest BCUT2D eigenvalue weighted by Gasteiger charge is 2.30. The number of anilines is 1. The average molecular weight is 230 g/mol. The number of rotatable bonds is 1. The van der Waals surface area contributed by atoms with Gasteiger partial charge < -0.3 is 5.32 Å². The van der Waals surface area contributed by atoms with E-state index >= 15 is 0 Å². The molecule has 1 N–H and O–H groups in total. The molecule has 1 saturated heterocycles. The van der Waals surface area contributed by atoms with E-state index in [1.54, 1.807) is 0 Å². The van der Waals surface area contributed by atoms with E-state index in [-0.39, 0.29) is 0 Å². The largest absolute Gasteiger partial charge is 0.382 e. The molecule has 2 nitrogen and oxygen atoms in total. The summed E-state index contributed by atoms with van der Waals surface area (Å²) in [7, 11) is 0. The molecule has 0 bridgehead atoms. The molecule has 0 spiro atoms. The van der Waals surface area contributed by atoms with Crippen LogP contribution in [0.1, 0.15) is 43.4 Å². The Labute approximate surface area is 104 Å². The molecule has 2 unspecified atom stereocenters. The molecule has 2 aliphatic heterocycles. The summed E-state index contributed by atoms with van der Waals surface area (Å²) >= 11 is 0. The molecule has 1 aromatic carbocycles. The van der Waals surface area contributed by atoms with Gasteiger partial charge in [-0.3, -0.25) is 4.90 Å². The van der Waals surface area contributed by atoms with Crippen LogP contribution >= 0.6 is 0 Å². The third-order valence-electron chi connectivity index (χ3n) is 4.21. The van der Waals surface area contributed by atoms with Crippen LogP contribution in [0.5, 0.6) is 0 Å². The van der Waals surface area contributed by atoms with E-state index in [2.05, 4.69) is 42.3 Å². The van der Waals surface area contributed by atoms with Gasteiger partial charge in [0.2, 0.25) is 0 Å². The number of hydrogen-bond donors (Lipinski definition) is 1. The number of para-hydroxylation sites is 1. The van der Waals surface area contributed by atoms with Gasteiger partial charge in [0.15, 0.2) is 0 Å². The van der Waals surface area contributed by atoms with Crippen LogP contribution < -0.4 is 5.32 Å². The minimum Gasteiger partial charge on any atom is -0.382 e. The third kappa shape index (κ3) is 1.95. The Bertz CT molecular complexity index is 407. The number of nitrogens with one attached hydrogen (secondary N) is 1. The van der Waals surface area contributed by atoms with Crippen LogP contribution in [-0.4, -0.2) is 24.0 Å². The number of fused-ring (bicyclic) bond motifs is 1. The van der Waals surface area contributed by atoms with E-state index in [1.165, 1.54) is 49.2 Å². The fourth-order valence-corrected chi connectivity index (χ4v) is 3.33. The first-order valence-corrected chi connectivity index (χ1v) is 6.86. The van der Waals surface area contributed by atoms with Crippen LogP contribution in [0.2, 0.25) is 0 Å². The highest BCUT2D eigenvalue weighted by molar-refractivity contribution is 5.60. The van der Waals surface area contributed by atoms with Crippen molar-refractivity contribution in [3.8, 4) is 0 Å². The van der Waals surface area contributed by atoms with Gasteiger partial charge in [-0.2, -0.15) is 0 Å². The van der Waals surface area contributed by atoms with Crippen molar-refractivity contribution in [3.05, 3.63) is 29.3 Å². The van der Waals surface area contributed by atoms with Crippen molar-refractivity contribution in [3.63, 3.8) is 0 Å². The molecule has 0 amide bonds. The number of nitrogens with zero attached hydrogens (tertiary/aromatic N) is 1. The predicted molar refractivity (Wildman–Crippen MR) is 72.4 cm³/mol. The van der Waals surface area contributed by atoms with Gasteiger partial charge in [-0.1, -0.05) is 18.2 Å². The van der Waals surface area contributed by atoms with Gasteiger partial charge in [0.1, 0.15) is 0 Å². The molecular weight excluding hydrogens is 208 g/mol. The normalized spacial score (nSPS) is 28.8. The Hall–Kier alpha value is -1.02. The minimum atomic E-state index is 0.592. The van der Waals surface area contributed by atoms with Crippen LogP contribution in [0.15, 0.2) is 18.2 Å². The molecular formula is C15H22N2. The van der Waals surface area contributed by atoms with Gasteiger partial charge in [0, 0.05) is 17.8 Å². The van der Waals surface area contributed by atoms with Crippen molar-refractivity contribution in [1.82, 2.24) is 4.90 Å². The van der Waals surface area contributed by atoms with Crippen molar-refractivity contribution in [2.24, 2.45) is 0 Å². The molecule has 2 atom stereocenters. The summed E-state index contributed by atoms with van der Waals surface area (Å²) in [6.07, 6.45) is 4.00. The topological polar surface area (TPSA) is 15.3 Å². The molecule has 1 aromatic rings. The van der Waals surface area contributed by atoms with Crippen LogP contribution in [0, 0.1) is 6.92 Å². The van der Waals surface area contributed by atoms with E-state index < -0.39 is 0 Å². The van der Waals surface area contributed by atoms with Gasteiger partial charge in [-0.15, -0.1) is 0 Å². The molecule has 17 heavy (non-hydrogen) atoms. The summed E-state index contributed by atoms with van der Waals surface area (Å²) in [4.78, 5) is 2.68. The Morgan fingerprint density at radius 2 is 2.00 bits per heavy atom. The lowest BCUT2D eigenvalue weighted by atomic mass is 9.90. The Morgan fingerprint density at radius 1 is 1.24 bits per heavy atom. The van der Waals surface area contributed by atoms with Crippen LogP contribution in [0.25, 0.3) is 0 Å². The smallest absolute Gasteiger partial charge is 0.0420 e. The standard InChI is InChI=1S/C15H22N2/c1-11-6-5-7-13-14(17-8-3-4-9-17)10-12(2)16-15(11)13/h5-7,12,14,16H,3-4,8-10H2,1-2H3. The van der Waals surface area contributed by atoms with Crippen molar-refractivity contribution in [1.29, 1.82) is 0 Å². The molecule has 2 heteroatoms. The van der Waals surface area contributed by atoms with E-state index in [1.807, 2.05) is 0 Å². The fourth-order valence-electron chi connectivity index (χ4n) is 3.33. The second-order valence-electron chi connectivity index (χ2n) is 5.58. The molecule has 2 aliphatic rings. The first-order valence-electron chi connectivity index (χ1n) is 6.86. The van der Waals surface area contributed by atoms with Crippen molar-refractivity contribution < 1.29 is 0 Å². The average Bonchev–Trinajstić information content (AvgIpc) is 2.83. The molecule has 2 heterocycles. The highest BCUT2D eigenvalue weighted by atomic mass is 15.2. The summed E-state index contributed by atoms with van der Waals surface area (Å²) < 4.78 is 0. The molecule has 0 radical (unpaired) electrons. The molecule has 3 rings (SSSR count). The zero-order valence-electron chi connectivity index (χ0n) is 10.9. The lowest BCUT2D eigenvalue weighted by molar-refractivity contribution is 0.223. The Balaban J connectivity index is 1.98. The van der Waals surface area contributed by atoms with E-state index in [9.17, 15) is 0 Å². The zero-order chi connectivity index (χ0) is 11.8. The summed E-state index contributed by atoms with van der Waals surface area (Å²) in [5, 5.41) is 3.65. The predicted octanol–water partition coefficient (Wildman–Crippen LogP) is 3.34. The SMILES string of the molecule is Cc1cccc2c1NC(C)CC2N1CCCC1.